The number of hydrogen-bond donors (Lipinski definition) is 1. The molecule has 8 nitrogen and oxygen atoms in total. The Morgan fingerprint density at radius 1 is 1.17 bits per heavy atom. The number of anilines is 1. The van der Waals surface area contributed by atoms with Gasteiger partial charge in [0.25, 0.3) is 0 Å². The van der Waals surface area contributed by atoms with E-state index in [1.54, 1.807) is 24.3 Å². The number of aromatic nitrogens is 3. The maximum Gasteiger partial charge on any atom is 0.452 e. The molecule has 3 rings (SSSR count). The van der Waals surface area contributed by atoms with Crippen LogP contribution in [0.2, 0.25) is 5.02 Å². The molecule has 0 saturated heterocycles. The third-order valence-electron chi connectivity index (χ3n) is 3.89. The Bertz CT molecular complexity index is 1080. The van der Waals surface area contributed by atoms with Gasteiger partial charge in [0.1, 0.15) is 5.75 Å². The van der Waals surface area contributed by atoms with Crippen molar-refractivity contribution in [2.45, 2.75) is 6.18 Å². The highest BCUT2D eigenvalue weighted by molar-refractivity contribution is 6.30. The zero-order valence-electron chi connectivity index (χ0n) is 15.2. The highest BCUT2D eigenvalue weighted by Gasteiger charge is 2.41. The standard InChI is InChI=1S/C18H13ClF3N5O3/c1-30-14-8-6-13(7-9-14)26-16(24-25-17(26)18(20,21)22)15(27(28)29)10-23-12-4-2-11(19)3-5-12/h2-10,23H,1H3/b15-10-. The van der Waals surface area contributed by atoms with Gasteiger partial charge in [-0.3, -0.25) is 14.7 Å². The maximum absolute atomic E-state index is 13.5. The fraction of sp³-hybridized carbons (Fsp3) is 0.111. The summed E-state index contributed by atoms with van der Waals surface area (Å²) in [5.74, 6) is -1.60. The second-order valence-electron chi connectivity index (χ2n) is 5.82. The van der Waals surface area contributed by atoms with E-state index in [9.17, 15) is 23.3 Å². The van der Waals surface area contributed by atoms with Crippen LogP contribution < -0.4 is 10.1 Å². The first-order valence-corrected chi connectivity index (χ1v) is 8.62. The molecule has 0 bridgehead atoms. The minimum atomic E-state index is -4.89. The zero-order chi connectivity index (χ0) is 21.9. The average Bonchev–Trinajstić information content (AvgIpc) is 3.14. The molecule has 1 heterocycles. The SMILES string of the molecule is COc1ccc(-n2c(/C(=C/Nc3ccc(Cl)cc3)[N+](=O)[O-])nnc2C(F)(F)F)cc1. The van der Waals surface area contributed by atoms with Crippen molar-refractivity contribution in [1.29, 1.82) is 0 Å². The Morgan fingerprint density at radius 2 is 1.80 bits per heavy atom. The molecule has 0 radical (unpaired) electrons. The summed E-state index contributed by atoms with van der Waals surface area (Å²) in [6.45, 7) is 0. The molecule has 156 valence electrons. The van der Waals surface area contributed by atoms with Gasteiger partial charge in [-0.05, 0) is 48.5 Å². The van der Waals surface area contributed by atoms with E-state index in [2.05, 4.69) is 15.5 Å². The summed E-state index contributed by atoms with van der Waals surface area (Å²) in [6, 6.07) is 11.6. The highest BCUT2D eigenvalue weighted by Crippen LogP contribution is 2.32. The monoisotopic (exact) mass is 439 g/mol. The van der Waals surface area contributed by atoms with Gasteiger partial charge in [-0.1, -0.05) is 11.6 Å². The number of nitrogens with one attached hydrogen (secondary N) is 1. The third-order valence-corrected chi connectivity index (χ3v) is 4.14. The minimum Gasteiger partial charge on any atom is -0.497 e. The molecule has 2 aromatic carbocycles. The molecule has 30 heavy (non-hydrogen) atoms. The molecule has 0 spiro atoms. The van der Waals surface area contributed by atoms with E-state index in [1.165, 1.54) is 31.4 Å². The highest BCUT2D eigenvalue weighted by atomic mass is 35.5. The molecule has 0 aliphatic rings. The van der Waals surface area contributed by atoms with Crippen LogP contribution in [0.4, 0.5) is 18.9 Å². The van der Waals surface area contributed by atoms with Crippen molar-refractivity contribution >= 4 is 23.0 Å². The predicted octanol–water partition coefficient (Wildman–Crippen LogP) is 4.64. The summed E-state index contributed by atoms with van der Waals surface area (Å²) in [5, 5.41) is 21.3. The smallest absolute Gasteiger partial charge is 0.452 e. The van der Waals surface area contributed by atoms with E-state index in [0.29, 0.717) is 21.0 Å². The van der Waals surface area contributed by atoms with E-state index in [1.807, 2.05) is 0 Å². The number of hydrogen-bond acceptors (Lipinski definition) is 6. The fourth-order valence-corrected chi connectivity index (χ4v) is 2.63. The Kier molecular flexibility index (Phi) is 5.92. The van der Waals surface area contributed by atoms with Crippen LogP contribution in [0.15, 0.2) is 54.7 Å². The second-order valence-corrected chi connectivity index (χ2v) is 6.25. The predicted molar refractivity (Wildman–Crippen MR) is 103 cm³/mol. The summed E-state index contributed by atoms with van der Waals surface area (Å²) in [7, 11) is 1.40. The van der Waals surface area contributed by atoms with Crippen LogP contribution in [0.5, 0.6) is 5.75 Å². The Balaban J connectivity index is 2.11. The first kappa shape index (κ1) is 21.1. The largest absolute Gasteiger partial charge is 0.497 e. The summed E-state index contributed by atoms with van der Waals surface area (Å²) in [5.41, 5.74) is -0.309. The molecule has 12 heteroatoms. The van der Waals surface area contributed by atoms with Crippen LogP contribution >= 0.6 is 11.6 Å². The number of nitrogens with zero attached hydrogens (tertiary/aromatic N) is 4. The Hall–Kier alpha value is -3.60. The molecular weight excluding hydrogens is 427 g/mol. The van der Waals surface area contributed by atoms with E-state index in [4.69, 9.17) is 16.3 Å². The van der Waals surface area contributed by atoms with Crippen molar-refractivity contribution < 1.29 is 22.8 Å². The van der Waals surface area contributed by atoms with Crippen LogP contribution in [-0.4, -0.2) is 26.8 Å². The van der Waals surface area contributed by atoms with Gasteiger partial charge < -0.3 is 10.1 Å². The number of ether oxygens (including phenoxy) is 1. The topological polar surface area (TPSA) is 95.1 Å². The first-order valence-electron chi connectivity index (χ1n) is 8.25. The Labute approximate surface area is 172 Å². The van der Waals surface area contributed by atoms with Gasteiger partial charge >= 0.3 is 11.9 Å². The number of nitro groups is 1. The lowest BCUT2D eigenvalue weighted by atomic mass is 10.2. The van der Waals surface area contributed by atoms with Crippen molar-refractivity contribution in [2.24, 2.45) is 0 Å². The fourth-order valence-electron chi connectivity index (χ4n) is 2.51. The van der Waals surface area contributed by atoms with Crippen LogP contribution in [0.1, 0.15) is 11.6 Å². The maximum atomic E-state index is 13.5. The number of methoxy groups -OCH3 is 1. The molecule has 0 fully saturated rings. The third kappa shape index (κ3) is 4.51. The van der Waals surface area contributed by atoms with Gasteiger partial charge in [0.15, 0.2) is 0 Å². The van der Waals surface area contributed by atoms with Crippen molar-refractivity contribution in [3.63, 3.8) is 0 Å². The molecule has 0 unspecified atom stereocenters. The molecular formula is C18H13ClF3N5O3. The lowest BCUT2D eigenvalue weighted by Gasteiger charge is -2.12. The van der Waals surface area contributed by atoms with E-state index < -0.39 is 28.4 Å². The molecule has 1 aromatic heterocycles. The quantitative estimate of drug-likeness (QED) is 0.444. The minimum absolute atomic E-state index is 0.0256. The Morgan fingerprint density at radius 3 is 2.33 bits per heavy atom. The number of benzene rings is 2. The van der Waals surface area contributed by atoms with Gasteiger partial charge in [-0.2, -0.15) is 13.2 Å². The van der Waals surface area contributed by atoms with Gasteiger partial charge in [0, 0.05) is 16.4 Å². The van der Waals surface area contributed by atoms with Crippen molar-refractivity contribution in [3.05, 3.63) is 81.5 Å². The van der Waals surface area contributed by atoms with Gasteiger partial charge in [-0.25, -0.2) is 0 Å². The van der Waals surface area contributed by atoms with Crippen molar-refractivity contribution in [2.75, 3.05) is 12.4 Å². The molecule has 0 saturated carbocycles. The van der Waals surface area contributed by atoms with Gasteiger partial charge in [0.05, 0.1) is 18.2 Å². The normalized spacial score (nSPS) is 12.0. The van der Waals surface area contributed by atoms with Crippen molar-refractivity contribution in [1.82, 2.24) is 14.8 Å². The second kappa shape index (κ2) is 8.41. The summed E-state index contributed by atoms with van der Waals surface area (Å²) < 4.78 is 46.0. The lowest BCUT2D eigenvalue weighted by Crippen LogP contribution is -2.16. The summed E-state index contributed by atoms with van der Waals surface area (Å²) in [6.07, 6.45) is -3.95. The summed E-state index contributed by atoms with van der Waals surface area (Å²) >= 11 is 5.79. The molecule has 0 aliphatic heterocycles. The lowest BCUT2D eigenvalue weighted by molar-refractivity contribution is -0.376. The van der Waals surface area contributed by atoms with Gasteiger partial charge in [0.2, 0.25) is 11.6 Å². The van der Waals surface area contributed by atoms with Crippen LogP contribution in [0.3, 0.4) is 0 Å². The molecule has 1 N–H and O–H groups in total. The number of halogens is 4. The molecule has 0 aliphatic carbocycles. The van der Waals surface area contributed by atoms with Crippen LogP contribution in [0.25, 0.3) is 11.4 Å². The molecule has 0 atom stereocenters. The number of rotatable bonds is 6. The molecule has 0 amide bonds. The van der Waals surface area contributed by atoms with E-state index in [0.717, 1.165) is 6.20 Å². The molecule has 3 aromatic rings. The van der Waals surface area contributed by atoms with Crippen molar-refractivity contribution in [3.8, 4) is 11.4 Å². The number of alkyl halides is 3. The average molecular weight is 440 g/mol. The van der Waals surface area contributed by atoms with E-state index >= 15 is 0 Å². The summed E-state index contributed by atoms with van der Waals surface area (Å²) in [4.78, 5) is 10.8. The zero-order valence-corrected chi connectivity index (χ0v) is 16.0. The van der Waals surface area contributed by atoms with Gasteiger partial charge in [-0.15, -0.1) is 10.2 Å². The van der Waals surface area contributed by atoms with Crippen LogP contribution in [0, 0.1) is 10.1 Å². The van der Waals surface area contributed by atoms with E-state index in [-0.39, 0.29) is 5.69 Å². The first-order chi connectivity index (χ1) is 14.2. The van der Waals surface area contributed by atoms with Crippen LogP contribution in [-0.2, 0) is 6.18 Å².